The number of ether oxygens (including phenoxy) is 2. The van der Waals surface area contributed by atoms with Crippen molar-refractivity contribution in [2.75, 3.05) is 13.7 Å². The molecule has 4 rings (SSSR count). The lowest BCUT2D eigenvalue weighted by atomic mass is 9.92. The zero-order valence-electron chi connectivity index (χ0n) is 20.9. The monoisotopic (exact) mass is 486 g/mol. The second-order valence-electron chi connectivity index (χ2n) is 8.83. The van der Waals surface area contributed by atoms with Crippen LogP contribution in [0.4, 0.5) is 0 Å². The zero-order chi connectivity index (χ0) is 25.8. The SMILES string of the molecule is CCOc1ccc(/C(O)=C2\C(=O)C(=O)N(Cc3ccccn3)C2c2ccccc2OC)cc1C(C)C. The maximum atomic E-state index is 13.4. The Morgan fingerprint density at radius 1 is 1.06 bits per heavy atom. The molecule has 1 fully saturated rings. The van der Waals surface area contributed by atoms with Gasteiger partial charge in [0.2, 0.25) is 0 Å². The summed E-state index contributed by atoms with van der Waals surface area (Å²) in [4.78, 5) is 32.5. The topological polar surface area (TPSA) is 89.0 Å². The van der Waals surface area contributed by atoms with Gasteiger partial charge in [-0.25, -0.2) is 0 Å². The minimum atomic E-state index is -0.850. The van der Waals surface area contributed by atoms with Gasteiger partial charge in [0.25, 0.3) is 11.7 Å². The number of ketones is 1. The summed E-state index contributed by atoms with van der Waals surface area (Å²) < 4.78 is 11.3. The molecule has 7 nitrogen and oxygen atoms in total. The fourth-order valence-electron chi connectivity index (χ4n) is 4.51. The molecule has 1 atom stereocenters. The number of benzene rings is 2. The maximum absolute atomic E-state index is 13.4. The molecule has 1 amide bonds. The number of methoxy groups -OCH3 is 1. The lowest BCUT2D eigenvalue weighted by molar-refractivity contribution is -0.140. The number of rotatable bonds is 8. The first-order valence-electron chi connectivity index (χ1n) is 12.0. The van der Waals surface area contributed by atoms with Crippen LogP contribution in [0, 0.1) is 0 Å². The average Bonchev–Trinajstić information content (AvgIpc) is 3.13. The van der Waals surface area contributed by atoms with Crippen LogP contribution in [-0.2, 0) is 16.1 Å². The van der Waals surface area contributed by atoms with E-state index in [0.29, 0.717) is 29.2 Å². The number of likely N-dealkylation sites (tertiary alicyclic amines) is 1. The number of aromatic nitrogens is 1. The molecule has 1 N–H and O–H groups in total. The molecule has 0 saturated carbocycles. The molecule has 1 saturated heterocycles. The molecule has 1 unspecified atom stereocenters. The summed E-state index contributed by atoms with van der Waals surface area (Å²) >= 11 is 0. The molecule has 0 spiro atoms. The highest BCUT2D eigenvalue weighted by Gasteiger charge is 2.47. The number of aliphatic hydroxyl groups is 1. The van der Waals surface area contributed by atoms with Crippen LogP contribution in [0.25, 0.3) is 5.76 Å². The van der Waals surface area contributed by atoms with Crippen LogP contribution in [0.15, 0.2) is 72.4 Å². The molecule has 2 aromatic carbocycles. The fraction of sp³-hybridized carbons (Fsp3) is 0.276. The number of pyridine rings is 1. The lowest BCUT2D eigenvalue weighted by Gasteiger charge is -2.26. The molecule has 186 valence electrons. The molecule has 0 bridgehead atoms. The molecular formula is C29H30N2O5. The predicted molar refractivity (Wildman–Crippen MR) is 137 cm³/mol. The predicted octanol–water partition coefficient (Wildman–Crippen LogP) is 5.23. The Labute approximate surface area is 211 Å². The van der Waals surface area contributed by atoms with E-state index in [9.17, 15) is 14.7 Å². The highest BCUT2D eigenvalue weighted by Crippen LogP contribution is 2.43. The van der Waals surface area contributed by atoms with E-state index in [1.165, 1.54) is 12.0 Å². The quantitative estimate of drug-likeness (QED) is 0.266. The second-order valence-corrected chi connectivity index (χ2v) is 8.83. The first-order chi connectivity index (χ1) is 17.4. The van der Waals surface area contributed by atoms with E-state index >= 15 is 0 Å². The van der Waals surface area contributed by atoms with Crippen molar-refractivity contribution in [1.82, 2.24) is 9.88 Å². The molecule has 1 aliphatic heterocycles. The van der Waals surface area contributed by atoms with Gasteiger partial charge in [0, 0.05) is 17.3 Å². The first kappa shape index (κ1) is 25.0. The van der Waals surface area contributed by atoms with Crippen LogP contribution in [0.2, 0.25) is 0 Å². The largest absolute Gasteiger partial charge is 0.507 e. The third-order valence-corrected chi connectivity index (χ3v) is 6.24. The Morgan fingerprint density at radius 3 is 2.47 bits per heavy atom. The fourth-order valence-corrected chi connectivity index (χ4v) is 4.51. The van der Waals surface area contributed by atoms with Gasteiger partial charge in [-0.15, -0.1) is 0 Å². The number of carbonyl (C=O) groups excluding carboxylic acids is 2. The van der Waals surface area contributed by atoms with Gasteiger partial charge >= 0.3 is 0 Å². The van der Waals surface area contributed by atoms with E-state index in [1.807, 2.05) is 45.0 Å². The number of hydrogen-bond acceptors (Lipinski definition) is 6. The van der Waals surface area contributed by atoms with Gasteiger partial charge in [0.1, 0.15) is 17.3 Å². The maximum Gasteiger partial charge on any atom is 0.296 e. The zero-order valence-corrected chi connectivity index (χ0v) is 20.9. The normalized spacial score (nSPS) is 17.0. The summed E-state index contributed by atoms with van der Waals surface area (Å²) in [5.41, 5.74) is 2.59. The van der Waals surface area contributed by atoms with Crippen molar-refractivity contribution in [3.8, 4) is 11.5 Å². The van der Waals surface area contributed by atoms with Gasteiger partial charge in [-0.2, -0.15) is 0 Å². The molecule has 1 aromatic heterocycles. The van der Waals surface area contributed by atoms with Crippen molar-refractivity contribution in [1.29, 1.82) is 0 Å². The molecule has 7 heteroatoms. The highest BCUT2D eigenvalue weighted by molar-refractivity contribution is 6.46. The lowest BCUT2D eigenvalue weighted by Crippen LogP contribution is -2.29. The molecule has 3 aromatic rings. The number of hydrogen-bond donors (Lipinski definition) is 1. The number of aliphatic hydroxyl groups excluding tert-OH is 1. The van der Waals surface area contributed by atoms with E-state index in [2.05, 4.69) is 4.98 Å². The van der Waals surface area contributed by atoms with Gasteiger partial charge in [-0.3, -0.25) is 14.6 Å². The number of amides is 1. The molecule has 36 heavy (non-hydrogen) atoms. The molecule has 2 heterocycles. The summed E-state index contributed by atoms with van der Waals surface area (Å²) in [6.45, 7) is 6.59. The summed E-state index contributed by atoms with van der Waals surface area (Å²) in [6.07, 6.45) is 1.64. The van der Waals surface area contributed by atoms with Crippen LogP contribution in [0.5, 0.6) is 11.5 Å². The van der Waals surface area contributed by atoms with Gasteiger partial charge < -0.3 is 19.5 Å². The Hall–Kier alpha value is -4.13. The summed E-state index contributed by atoms with van der Waals surface area (Å²) in [5, 5.41) is 11.5. The average molecular weight is 487 g/mol. The first-order valence-corrected chi connectivity index (χ1v) is 12.0. The number of para-hydroxylation sites is 1. The van der Waals surface area contributed by atoms with Crippen molar-refractivity contribution in [2.45, 2.75) is 39.3 Å². The van der Waals surface area contributed by atoms with Crippen LogP contribution in [0.1, 0.15) is 55.1 Å². The Balaban J connectivity index is 1.90. The standard InChI is InChI=1S/C29H30N2O5/c1-5-36-24-14-13-19(16-22(24)18(2)3)27(32)25-26(21-11-6-7-12-23(21)35-4)31(29(34)28(25)33)17-20-10-8-9-15-30-20/h6-16,18,26,32H,5,17H2,1-4H3/b27-25+. The van der Waals surface area contributed by atoms with Crippen molar-refractivity contribution in [3.63, 3.8) is 0 Å². The van der Waals surface area contributed by atoms with E-state index in [4.69, 9.17) is 9.47 Å². The molecule has 1 aliphatic rings. The van der Waals surface area contributed by atoms with E-state index in [1.54, 1.807) is 42.6 Å². The van der Waals surface area contributed by atoms with E-state index < -0.39 is 17.7 Å². The van der Waals surface area contributed by atoms with Gasteiger partial charge in [0.15, 0.2) is 0 Å². The van der Waals surface area contributed by atoms with E-state index in [-0.39, 0.29) is 23.8 Å². The summed E-state index contributed by atoms with van der Waals surface area (Å²) in [7, 11) is 1.53. The number of Topliss-reactive ketones (excluding diaryl/α,β-unsaturated/α-hetero) is 1. The van der Waals surface area contributed by atoms with Crippen LogP contribution in [0.3, 0.4) is 0 Å². The van der Waals surface area contributed by atoms with Crippen molar-refractivity contribution in [2.24, 2.45) is 0 Å². The van der Waals surface area contributed by atoms with Gasteiger partial charge in [0.05, 0.1) is 37.6 Å². The molecular weight excluding hydrogens is 456 g/mol. The van der Waals surface area contributed by atoms with E-state index in [0.717, 1.165) is 11.3 Å². The number of carbonyl (C=O) groups is 2. The van der Waals surface area contributed by atoms with Crippen molar-refractivity contribution >= 4 is 17.4 Å². The van der Waals surface area contributed by atoms with Gasteiger partial charge in [-0.1, -0.05) is 38.1 Å². The Bertz CT molecular complexity index is 1300. The van der Waals surface area contributed by atoms with Crippen molar-refractivity contribution in [3.05, 3.63) is 94.8 Å². The smallest absolute Gasteiger partial charge is 0.296 e. The second kappa shape index (κ2) is 10.6. The highest BCUT2D eigenvalue weighted by atomic mass is 16.5. The molecule has 0 aliphatic carbocycles. The van der Waals surface area contributed by atoms with Crippen LogP contribution >= 0.6 is 0 Å². The van der Waals surface area contributed by atoms with Crippen LogP contribution in [-0.4, -0.2) is 40.4 Å². The van der Waals surface area contributed by atoms with Crippen LogP contribution < -0.4 is 9.47 Å². The van der Waals surface area contributed by atoms with Crippen molar-refractivity contribution < 1.29 is 24.2 Å². The van der Waals surface area contributed by atoms with Gasteiger partial charge in [-0.05, 0) is 54.8 Å². The molecule has 0 radical (unpaired) electrons. The third-order valence-electron chi connectivity index (χ3n) is 6.24. The third kappa shape index (κ3) is 4.69. The number of nitrogens with zero attached hydrogens (tertiary/aromatic N) is 2. The Morgan fingerprint density at radius 2 is 1.81 bits per heavy atom. The minimum Gasteiger partial charge on any atom is -0.507 e. The minimum absolute atomic E-state index is 0.0132. The summed E-state index contributed by atoms with van der Waals surface area (Å²) in [5.74, 6) is -0.335. The summed E-state index contributed by atoms with van der Waals surface area (Å²) in [6, 6.07) is 17.1. The Kier molecular flexibility index (Phi) is 7.38.